The Bertz CT molecular complexity index is 282. The van der Waals surface area contributed by atoms with E-state index in [0.29, 0.717) is 12.7 Å². The van der Waals surface area contributed by atoms with E-state index in [1.807, 2.05) is 0 Å². The predicted molar refractivity (Wildman–Crippen MR) is 78.3 cm³/mol. The van der Waals surface area contributed by atoms with E-state index in [1.165, 1.54) is 38.5 Å². The zero-order valence-electron chi connectivity index (χ0n) is 13.0. The largest absolute Gasteiger partial charge is 0.396 e. The minimum atomic E-state index is -0.0565. The number of hydrogen-bond acceptors (Lipinski definition) is 3. The van der Waals surface area contributed by atoms with Crippen molar-refractivity contribution >= 4 is 0 Å². The van der Waals surface area contributed by atoms with Crippen LogP contribution in [-0.4, -0.2) is 48.0 Å². The molecule has 0 spiro atoms. The molecule has 2 fully saturated rings. The lowest BCUT2D eigenvalue weighted by Gasteiger charge is -2.45. The molecule has 0 aromatic rings. The fourth-order valence-electron chi connectivity index (χ4n) is 4.03. The summed E-state index contributed by atoms with van der Waals surface area (Å²) in [6, 6.07) is 0. The molecule has 1 saturated heterocycles. The second kappa shape index (κ2) is 6.11. The van der Waals surface area contributed by atoms with Gasteiger partial charge in [0, 0.05) is 31.7 Å². The first-order valence-electron chi connectivity index (χ1n) is 7.96. The van der Waals surface area contributed by atoms with Crippen LogP contribution in [0.2, 0.25) is 0 Å². The number of ether oxygens (including phenoxy) is 1. The molecular weight excluding hydrogens is 238 g/mol. The van der Waals surface area contributed by atoms with Gasteiger partial charge in [0.25, 0.3) is 0 Å². The number of morpholine rings is 1. The lowest BCUT2D eigenvalue weighted by atomic mass is 9.80. The smallest absolute Gasteiger partial charge is 0.0757 e. The quantitative estimate of drug-likeness (QED) is 0.800. The highest BCUT2D eigenvalue weighted by atomic mass is 16.5. The SMILES string of the molecule is CC1CN(CC2(CO)CCCCCC2)CC(C)(C)O1. The van der Waals surface area contributed by atoms with Gasteiger partial charge in [-0.2, -0.15) is 0 Å². The van der Waals surface area contributed by atoms with E-state index >= 15 is 0 Å². The van der Waals surface area contributed by atoms with Gasteiger partial charge in [-0.1, -0.05) is 25.7 Å². The average Bonchev–Trinajstić information content (AvgIpc) is 2.52. The molecule has 0 amide bonds. The zero-order chi connectivity index (χ0) is 13.9. The van der Waals surface area contributed by atoms with Crippen LogP contribution in [0.4, 0.5) is 0 Å². The average molecular weight is 269 g/mol. The van der Waals surface area contributed by atoms with E-state index in [0.717, 1.165) is 19.6 Å². The minimum absolute atomic E-state index is 0.0565. The van der Waals surface area contributed by atoms with Gasteiger partial charge >= 0.3 is 0 Å². The Labute approximate surface area is 118 Å². The molecule has 1 aliphatic carbocycles. The Balaban J connectivity index is 2.00. The topological polar surface area (TPSA) is 32.7 Å². The van der Waals surface area contributed by atoms with Crippen molar-refractivity contribution in [3.63, 3.8) is 0 Å². The molecule has 1 unspecified atom stereocenters. The van der Waals surface area contributed by atoms with Crippen LogP contribution in [0.3, 0.4) is 0 Å². The maximum Gasteiger partial charge on any atom is 0.0757 e. The second-order valence-corrected chi connectivity index (χ2v) is 7.43. The fourth-order valence-corrected chi connectivity index (χ4v) is 4.03. The van der Waals surface area contributed by atoms with Gasteiger partial charge in [-0.3, -0.25) is 4.90 Å². The van der Waals surface area contributed by atoms with Crippen molar-refractivity contribution in [2.75, 3.05) is 26.2 Å². The summed E-state index contributed by atoms with van der Waals surface area (Å²) in [5.41, 5.74) is 0.0860. The normalized spacial score (nSPS) is 31.9. The van der Waals surface area contributed by atoms with Crippen molar-refractivity contribution in [2.45, 2.75) is 71.0 Å². The summed E-state index contributed by atoms with van der Waals surface area (Å²) < 4.78 is 5.98. The van der Waals surface area contributed by atoms with Crippen molar-refractivity contribution in [2.24, 2.45) is 5.41 Å². The monoisotopic (exact) mass is 269 g/mol. The summed E-state index contributed by atoms with van der Waals surface area (Å²) in [7, 11) is 0. The highest BCUT2D eigenvalue weighted by Crippen LogP contribution is 2.36. The van der Waals surface area contributed by atoms with Crippen LogP contribution in [0.15, 0.2) is 0 Å². The standard InChI is InChI=1S/C16H31NO2/c1-14-10-17(11-15(2,3)19-14)12-16(13-18)8-6-4-5-7-9-16/h14,18H,4-13H2,1-3H3. The van der Waals surface area contributed by atoms with Crippen molar-refractivity contribution in [1.29, 1.82) is 0 Å². The van der Waals surface area contributed by atoms with Gasteiger partial charge in [0.05, 0.1) is 11.7 Å². The molecule has 1 atom stereocenters. The predicted octanol–water partition coefficient (Wildman–Crippen LogP) is 2.82. The van der Waals surface area contributed by atoms with Crippen molar-refractivity contribution in [3.8, 4) is 0 Å². The summed E-state index contributed by atoms with van der Waals surface area (Å²) in [5, 5.41) is 9.94. The van der Waals surface area contributed by atoms with Crippen LogP contribution in [0.5, 0.6) is 0 Å². The summed E-state index contributed by atoms with van der Waals surface area (Å²) in [5.74, 6) is 0. The molecule has 1 saturated carbocycles. The molecular formula is C16H31NO2. The molecule has 1 N–H and O–H groups in total. The lowest BCUT2D eigenvalue weighted by molar-refractivity contribution is -0.137. The molecule has 1 heterocycles. The zero-order valence-corrected chi connectivity index (χ0v) is 13.0. The van der Waals surface area contributed by atoms with E-state index in [9.17, 15) is 5.11 Å². The summed E-state index contributed by atoms with van der Waals surface area (Å²) >= 11 is 0. The Morgan fingerprint density at radius 1 is 1.16 bits per heavy atom. The third-order valence-electron chi connectivity index (χ3n) is 4.70. The summed E-state index contributed by atoms with van der Waals surface area (Å²) in [4.78, 5) is 2.52. The lowest BCUT2D eigenvalue weighted by Crippen LogP contribution is -2.55. The first-order valence-corrected chi connectivity index (χ1v) is 7.96. The molecule has 0 radical (unpaired) electrons. The van der Waals surface area contributed by atoms with Crippen LogP contribution in [0.25, 0.3) is 0 Å². The molecule has 3 nitrogen and oxygen atoms in total. The molecule has 0 aromatic heterocycles. The Hall–Kier alpha value is -0.120. The van der Waals surface area contributed by atoms with E-state index in [4.69, 9.17) is 4.74 Å². The molecule has 2 aliphatic rings. The number of aliphatic hydroxyl groups excluding tert-OH is 1. The van der Waals surface area contributed by atoms with Crippen molar-refractivity contribution in [3.05, 3.63) is 0 Å². The number of aliphatic hydroxyl groups is 1. The number of rotatable bonds is 3. The fraction of sp³-hybridized carbons (Fsp3) is 1.00. The molecule has 19 heavy (non-hydrogen) atoms. The maximum atomic E-state index is 9.94. The van der Waals surface area contributed by atoms with Crippen LogP contribution >= 0.6 is 0 Å². The number of hydrogen-bond donors (Lipinski definition) is 1. The molecule has 0 bridgehead atoms. The van der Waals surface area contributed by atoms with Gasteiger partial charge in [0.1, 0.15) is 0 Å². The van der Waals surface area contributed by atoms with Crippen molar-refractivity contribution in [1.82, 2.24) is 4.90 Å². The highest BCUT2D eigenvalue weighted by molar-refractivity contribution is 4.89. The molecule has 112 valence electrons. The summed E-state index contributed by atoms with van der Waals surface area (Å²) in [6.45, 7) is 9.89. The van der Waals surface area contributed by atoms with Crippen LogP contribution < -0.4 is 0 Å². The van der Waals surface area contributed by atoms with E-state index in [1.54, 1.807) is 0 Å². The Morgan fingerprint density at radius 3 is 2.32 bits per heavy atom. The van der Waals surface area contributed by atoms with Gasteiger partial charge in [-0.05, 0) is 33.6 Å². The minimum Gasteiger partial charge on any atom is -0.396 e. The van der Waals surface area contributed by atoms with E-state index in [-0.39, 0.29) is 11.0 Å². The Kier molecular flexibility index (Phi) is 4.91. The van der Waals surface area contributed by atoms with E-state index in [2.05, 4.69) is 25.7 Å². The van der Waals surface area contributed by atoms with Gasteiger partial charge in [-0.25, -0.2) is 0 Å². The molecule has 2 rings (SSSR count). The second-order valence-electron chi connectivity index (χ2n) is 7.43. The van der Waals surface area contributed by atoms with Gasteiger partial charge in [0.2, 0.25) is 0 Å². The summed E-state index contributed by atoms with van der Waals surface area (Å²) in [6.07, 6.45) is 7.92. The van der Waals surface area contributed by atoms with Gasteiger partial charge in [-0.15, -0.1) is 0 Å². The molecule has 0 aromatic carbocycles. The van der Waals surface area contributed by atoms with Gasteiger partial charge in [0.15, 0.2) is 0 Å². The van der Waals surface area contributed by atoms with Crippen LogP contribution in [0.1, 0.15) is 59.3 Å². The third kappa shape index (κ3) is 4.17. The van der Waals surface area contributed by atoms with E-state index < -0.39 is 0 Å². The third-order valence-corrected chi connectivity index (χ3v) is 4.70. The van der Waals surface area contributed by atoms with Gasteiger partial charge < -0.3 is 9.84 Å². The Morgan fingerprint density at radius 2 is 1.79 bits per heavy atom. The van der Waals surface area contributed by atoms with Crippen LogP contribution in [-0.2, 0) is 4.74 Å². The molecule has 3 heteroatoms. The number of nitrogens with zero attached hydrogens (tertiary/aromatic N) is 1. The van der Waals surface area contributed by atoms with Crippen molar-refractivity contribution < 1.29 is 9.84 Å². The highest BCUT2D eigenvalue weighted by Gasteiger charge is 2.37. The maximum absolute atomic E-state index is 9.94. The van der Waals surface area contributed by atoms with Crippen LogP contribution in [0, 0.1) is 5.41 Å². The first kappa shape index (κ1) is 15.3. The molecule has 1 aliphatic heterocycles. The first-order chi connectivity index (χ1) is 8.95.